The smallest absolute Gasteiger partial charge is 0.0702 e. The first-order valence-electron chi connectivity index (χ1n) is 8.17. The summed E-state index contributed by atoms with van der Waals surface area (Å²) >= 11 is 0. The van der Waals surface area contributed by atoms with Crippen molar-refractivity contribution in [3.05, 3.63) is 0 Å². The molecule has 0 radical (unpaired) electrons. The van der Waals surface area contributed by atoms with Gasteiger partial charge in [-0.2, -0.15) is 0 Å². The first-order chi connectivity index (χ1) is 9.12. The van der Waals surface area contributed by atoms with Crippen molar-refractivity contribution in [1.82, 2.24) is 4.90 Å². The van der Waals surface area contributed by atoms with Crippen molar-refractivity contribution in [2.75, 3.05) is 26.7 Å². The largest absolute Gasteiger partial charge is 0.389 e. The van der Waals surface area contributed by atoms with Crippen LogP contribution in [-0.4, -0.2) is 48.0 Å². The number of hydrogen-bond acceptors (Lipinski definition) is 3. The van der Waals surface area contributed by atoms with Crippen LogP contribution in [-0.2, 0) is 4.74 Å². The van der Waals surface area contributed by atoms with Crippen molar-refractivity contribution in [3.63, 3.8) is 0 Å². The number of rotatable bonds is 1. The molecule has 2 saturated heterocycles. The molecule has 1 N–H and O–H groups in total. The topological polar surface area (TPSA) is 32.7 Å². The fraction of sp³-hybridized carbons (Fsp3) is 1.00. The zero-order chi connectivity index (χ0) is 13.3. The fourth-order valence-corrected chi connectivity index (χ4v) is 4.44. The Hall–Kier alpha value is -0.120. The predicted molar refractivity (Wildman–Crippen MR) is 76.2 cm³/mol. The van der Waals surface area contributed by atoms with E-state index in [2.05, 4.69) is 11.9 Å². The maximum Gasteiger partial charge on any atom is 0.0702 e. The highest BCUT2D eigenvalue weighted by molar-refractivity contribution is 4.98. The van der Waals surface area contributed by atoms with Gasteiger partial charge in [-0.25, -0.2) is 0 Å². The summed E-state index contributed by atoms with van der Waals surface area (Å²) in [6.07, 6.45) is 10.5. The highest BCUT2D eigenvalue weighted by Crippen LogP contribution is 2.46. The van der Waals surface area contributed by atoms with Crippen LogP contribution in [0.4, 0.5) is 0 Å². The average Bonchev–Trinajstić information content (AvgIpc) is 2.43. The minimum absolute atomic E-state index is 0.125. The second-order valence-electron chi connectivity index (χ2n) is 7.19. The van der Waals surface area contributed by atoms with Crippen molar-refractivity contribution in [3.8, 4) is 0 Å². The maximum absolute atomic E-state index is 11.0. The molecule has 3 fully saturated rings. The zero-order valence-corrected chi connectivity index (χ0v) is 12.4. The van der Waals surface area contributed by atoms with E-state index in [4.69, 9.17) is 4.74 Å². The fourth-order valence-electron chi connectivity index (χ4n) is 4.44. The Morgan fingerprint density at radius 2 is 1.74 bits per heavy atom. The minimum atomic E-state index is -0.416. The van der Waals surface area contributed by atoms with Crippen molar-refractivity contribution >= 4 is 0 Å². The molecule has 2 heterocycles. The summed E-state index contributed by atoms with van der Waals surface area (Å²) in [5.41, 5.74) is -0.291. The SMILES string of the molecule is CN1CCC(O)(C2CCOC3(CCCCC3)C2)CC1. The lowest BCUT2D eigenvalue weighted by Gasteiger charge is -2.50. The van der Waals surface area contributed by atoms with Crippen molar-refractivity contribution in [2.24, 2.45) is 5.92 Å². The van der Waals surface area contributed by atoms with Gasteiger partial charge in [0.25, 0.3) is 0 Å². The summed E-state index contributed by atoms with van der Waals surface area (Å²) in [5, 5.41) is 11.0. The van der Waals surface area contributed by atoms with E-state index in [1.54, 1.807) is 0 Å². The number of ether oxygens (including phenoxy) is 1. The Kier molecular flexibility index (Phi) is 3.89. The van der Waals surface area contributed by atoms with Crippen LogP contribution in [0.15, 0.2) is 0 Å². The third kappa shape index (κ3) is 2.84. The van der Waals surface area contributed by atoms with Crippen molar-refractivity contribution in [1.29, 1.82) is 0 Å². The van der Waals surface area contributed by atoms with Gasteiger partial charge in [0.2, 0.25) is 0 Å². The quantitative estimate of drug-likeness (QED) is 0.792. The molecule has 0 aromatic carbocycles. The average molecular weight is 267 g/mol. The third-order valence-electron chi connectivity index (χ3n) is 5.87. The summed E-state index contributed by atoms with van der Waals surface area (Å²) in [7, 11) is 2.16. The zero-order valence-electron chi connectivity index (χ0n) is 12.4. The summed E-state index contributed by atoms with van der Waals surface area (Å²) < 4.78 is 6.17. The molecule has 0 aromatic heterocycles. The molecule has 1 atom stereocenters. The molecule has 0 amide bonds. The van der Waals surface area contributed by atoms with E-state index in [0.29, 0.717) is 5.92 Å². The molecule has 0 aromatic rings. The molecular weight excluding hydrogens is 238 g/mol. The lowest BCUT2D eigenvalue weighted by Crippen LogP contribution is -2.53. The van der Waals surface area contributed by atoms with E-state index in [9.17, 15) is 5.11 Å². The van der Waals surface area contributed by atoms with Gasteiger partial charge >= 0.3 is 0 Å². The number of piperidine rings is 1. The van der Waals surface area contributed by atoms with Gasteiger partial charge in [0, 0.05) is 19.7 Å². The van der Waals surface area contributed by atoms with Crippen LogP contribution in [0.25, 0.3) is 0 Å². The minimum Gasteiger partial charge on any atom is -0.389 e. The molecule has 1 saturated carbocycles. The Balaban J connectivity index is 1.67. The van der Waals surface area contributed by atoms with Gasteiger partial charge in [-0.05, 0) is 51.5 Å². The molecule has 110 valence electrons. The monoisotopic (exact) mass is 267 g/mol. The van der Waals surface area contributed by atoms with Crippen LogP contribution in [0.2, 0.25) is 0 Å². The second kappa shape index (κ2) is 5.34. The molecule has 1 aliphatic carbocycles. The number of hydrogen-bond donors (Lipinski definition) is 1. The predicted octanol–water partition coefficient (Wildman–Crippen LogP) is 2.57. The first-order valence-corrected chi connectivity index (χ1v) is 8.17. The summed E-state index contributed by atoms with van der Waals surface area (Å²) in [6, 6.07) is 0. The van der Waals surface area contributed by atoms with Gasteiger partial charge in [-0.1, -0.05) is 19.3 Å². The van der Waals surface area contributed by atoms with Crippen LogP contribution < -0.4 is 0 Å². The van der Waals surface area contributed by atoms with Gasteiger partial charge in [0.1, 0.15) is 0 Å². The van der Waals surface area contributed by atoms with Gasteiger partial charge in [0.15, 0.2) is 0 Å². The third-order valence-corrected chi connectivity index (χ3v) is 5.87. The Bertz CT molecular complexity index is 298. The Morgan fingerprint density at radius 1 is 1.05 bits per heavy atom. The van der Waals surface area contributed by atoms with Gasteiger partial charge in [-0.15, -0.1) is 0 Å². The highest BCUT2D eigenvalue weighted by Gasteiger charge is 2.46. The number of likely N-dealkylation sites (tertiary alicyclic amines) is 1. The molecule has 3 heteroatoms. The highest BCUT2D eigenvalue weighted by atomic mass is 16.5. The van der Waals surface area contributed by atoms with Gasteiger partial charge in [-0.3, -0.25) is 0 Å². The summed E-state index contributed by atoms with van der Waals surface area (Å²) in [5.74, 6) is 0.466. The molecule has 0 bridgehead atoms. The molecule has 2 aliphatic heterocycles. The van der Waals surface area contributed by atoms with Crippen molar-refractivity contribution < 1.29 is 9.84 Å². The van der Waals surface area contributed by atoms with Crippen LogP contribution in [0.1, 0.15) is 57.8 Å². The standard InChI is InChI=1S/C16H29NO2/c1-17-10-8-16(18,9-11-17)14-5-12-19-15(13-14)6-3-2-4-7-15/h14,18H,2-13H2,1H3. The van der Waals surface area contributed by atoms with E-state index >= 15 is 0 Å². The van der Waals surface area contributed by atoms with Gasteiger partial charge in [0.05, 0.1) is 11.2 Å². The second-order valence-corrected chi connectivity index (χ2v) is 7.19. The number of nitrogens with zero attached hydrogens (tertiary/aromatic N) is 1. The maximum atomic E-state index is 11.0. The van der Waals surface area contributed by atoms with Crippen LogP contribution in [0.5, 0.6) is 0 Å². The summed E-state index contributed by atoms with van der Waals surface area (Å²) in [6.45, 7) is 2.95. The molecule has 1 unspecified atom stereocenters. The molecule has 3 aliphatic rings. The van der Waals surface area contributed by atoms with Crippen LogP contribution >= 0.6 is 0 Å². The number of aliphatic hydroxyl groups is 1. The first kappa shape index (κ1) is 13.8. The lowest BCUT2D eigenvalue weighted by atomic mass is 9.68. The van der Waals surface area contributed by atoms with E-state index in [0.717, 1.165) is 45.4 Å². The van der Waals surface area contributed by atoms with E-state index in [1.165, 1.54) is 32.1 Å². The van der Waals surface area contributed by atoms with Crippen LogP contribution in [0, 0.1) is 5.92 Å². The Morgan fingerprint density at radius 3 is 2.42 bits per heavy atom. The van der Waals surface area contributed by atoms with Crippen LogP contribution in [0.3, 0.4) is 0 Å². The normalized spacial score (nSPS) is 35.4. The van der Waals surface area contributed by atoms with Crippen molar-refractivity contribution in [2.45, 2.75) is 69.0 Å². The molecule has 3 rings (SSSR count). The lowest BCUT2D eigenvalue weighted by molar-refractivity contribution is -0.166. The molecule has 1 spiro atoms. The van der Waals surface area contributed by atoms with Gasteiger partial charge < -0.3 is 14.7 Å². The molecule has 3 nitrogen and oxygen atoms in total. The van der Waals surface area contributed by atoms with E-state index in [1.807, 2.05) is 0 Å². The molecule has 19 heavy (non-hydrogen) atoms. The summed E-state index contributed by atoms with van der Waals surface area (Å²) in [4.78, 5) is 2.34. The van der Waals surface area contributed by atoms with E-state index < -0.39 is 5.60 Å². The Labute approximate surface area is 117 Å². The molecular formula is C16H29NO2. The van der Waals surface area contributed by atoms with E-state index in [-0.39, 0.29) is 5.60 Å².